The van der Waals surface area contributed by atoms with Crippen molar-refractivity contribution in [2.24, 2.45) is 7.05 Å². The van der Waals surface area contributed by atoms with E-state index < -0.39 is 15.8 Å². The van der Waals surface area contributed by atoms with E-state index in [0.717, 1.165) is 11.8 Å². The van der Waals surface area contributed by atoms with Crippen LogP contribution in [-0.2, 0) is 17.1 Å². The molecule has 2 aromatic heterocycles. The molecule has 0 saturated heterocycles. The smallest absolute Gasteiger partial charge is 0.263 e. The largest absolute Gasteiger partial charge is 0.454 e. The Morgan fingerprint density at radius 2 is 1.97 bits per heavy atom. The summed E-state index contributed by atoms with van der Waals surface area (Å²) in [6.45, 7) is 0. The maximum Gasteiger partial charge on any atom is 0.263 e. The van der Waals surface area contributed by atoms with Crippen LogP contribution in [0.25, 0.3) is 11.3 Å². The molecule has 4 rings (SSSR count). The van der Waals surface area contributed by atoms with Crippen molar-refractivity contribution in [1.29, 1.82) is 0 Å². The van der Waals surface area contributed by atoms with Gasteiger partial charge in [-0.05, 0) is 42.5 Å². The minimum Gasteiger partial charge on any atom is -0.454 e. The molecule has 2 heterocycles. The Morgan fingerprint density at radius 3 is 2.63 bits per heavy atom. The summed E-state index contributed by atoms with van der Waals surface area (Å²) in [6, 6.07) is 10.1. The lowest BCUT2D eigenvalue weighted by Gasteiger charge is -2.13. The molecular formula is C19H14ClFN4O3S2. The van der Waals surface area contributed by atoms with Crippen molar-refractivity contribution in [2.45, 2.75) is 4.90 Å². The van der Waals surface area contributed by atoms with Crippen molar-refractivity contribution in [3.63, 3.8) is 0 Å². The van der Waals surface area contributed by atoms with Crippen molar-refractivity contribution in [2.75, 3.05) is 4.72 Å². The number of nitrogens with zero attached hydrogens (tertiary/aromatic N) is 3. The van der Waals surface area contributed by atoms with E-state index in [9.17, 15) is 12.8 Å². The maximum absolute atomic E-state index is 14.7. The molecule has 0 atom stereocenters. The average Bonchev–Trinajstić information content (AvgIpc) is 3.35. The number of nitrogens with one attached hydrogen (secondary N) is 1. The fourth-order valence-electron chi connectivity index (χ4n) is 2.74. The summed E-state index contributed by atoms with van der Waals surface area (Å²) in [5.41, 5.74) is 2.82. The number of rotatable bonds is 6. The minimum atomic E-state index is -3.98. The molecule has 30 heavy (non-hydrogen) atoms. The van der Waals surface area contributed by atoms with Crippen molar-refractivity contribution >= 4 is 38.8 Å². The van der Waals surface area contributed by atoms with Crippen LogP contribution in [0.4, 0.5) is 10.2 Å². The summed E-state index contributed by atoms with van der Waals surface area (Å²) >= 11 is 7.35. The Balaban J connectivity index is 1.65. The van der Waals surface area contributed by atoms with Crippen LogP contribution in [0.2, 0.25) is 5.02 Å². The number of halogens is 2. The van der Waals surface area contributed by atoms with Crippen LogP contribution in [0.5, 0.6) is 11.5 Å². The van der Waals surface area contributed by atoms with Gasteiger partial charge in [-0.3, -0.25) is 9.40 Å². The molecule has 0 amide bonds. The van der Waals surface area contributed by atoms with E-state index in [-0.39, 0.29) is 16.5 Å². The van der Waals surface area contributed by atoms with Crippen LogP contribution in [0.15, 0.2) is 64.4 Å². The van der Waals surface area contributed by atoms with Crippen LogP contribution < -0.4 is 9.46 Å². The molecule has 0 spiro atoms. The zero-order valence-corrected chi connectivity index (χ0v) is 17.8. The van der Waals surface area contributed by atoms with Gasteiger partial charge in [0.05, 0.1) is 16.1 Å². The molecule has 11 heteroatoms. The van der Waals surface area contributed by atoms with Gasteiger partial charge in [0.2, 0.25) is 0 Å². The van der Waals surface area contributed by atoms with Gasteiger partial charge >= 0.3 is 0 Å². The van der Waals surface area contributed by atoms with Crippen LogP contribution in [0.1, 0.15) is 0 Å². The van der Waals surface area contributed by atoms with Gasteiger partial charge in [-0.2, -0.15) is 5.10 Å². The average molecular weight is 465 g/mol. The van der Waals surface area contributed by atoms with E-state index in [4.69, 9.17) is 16.3 Å². The first-order chi connectivity index (χ1) is 14.3. The molecule has 0 aliphatic heterocycles. The molecule has 0 aliphatic carbocycles. The van der Waals surface area contributed by atoms with E-state index in [1.165, 1.54) is 34.4 Å². The lowest BCUT2D eigenvalue weighted by Crippen LogP contribution is -2.13. The van der Waals surface area contributed by atoms with E-state index in [1.807, 2.05) is 0 Å². The van der Waals surface area contributed by atoms with Gasteiger partial charge in [0, 0.05) is 29.2 Å². The second kappa shape index (κ2) is 8.05. The lowest BCUT2D eigenvalue weighted by atomic mass is 10.1. The summed E-state index contributed by atoms with van der Waals surface area (Å²) in [5.74, 6) is -0.448. The van der Waals surface area contributed by atoms with Gasteiger partial charge in [0.1, 0.15) is 5.75 Å². The molecule has 2 aromatic carbocycles. The SMILES string of the molecule is Cn1nccc1-c1cc(Cl)ccc1Oc1ccc(S(=O)(=O)Nc2cscn2)cc1F. The highest BCUT2D eigenvalue weighted by molar-refractivity contribution is 7.92. The van der Waals surface area contributed by atoms with E-state index >= 15 is 0 Å². The molecule has 1 N–H and O–H groups in total. The molecule has 0 unspecified atom stereocenters. The summed E-state index contributed by atoms with van der Waals surface area (Å²) in [7, 11) is -2.22. The molecule has 4 aromatic rings. The second-order valence-corrected chi connectivity index (χ2v) is 8.99. The van der Waals surface area contributed by atoms with E-state index in [1.54, 1.807) is 42.2 Å². The first-order valence-electron chi connectivity index (χ1n) is 8.50. The Morgan fingerprint density at radius 1 is 1.17 bits per heavy atom. The Hall–Kier alpha value is -2.95. The normalized spacial score (nSPS) is 11.4. The number of benzene rings is 2. The Bertz CT molecular complexity index is 1310. The predicted octanol–water partition coefficient (Wildman–Crippen LogP) is 4.93. The minimum absolute atomic E-state index is 0.131. The quantitative estimate of drug-likeness (QED) is 0.437. The maximum atomic E-state index is 14.7. The molecule has 0 fully saturated rings. The number of aromatic nitrogens is 3. The topological polar surface area (TPSA) is 86.1 Å². The summed E-state index contributed by atoms with van der Waals surface area (Å²) in [6.07, 6.45) is 1.62. The zero-order chi connectivity index (χ0) is 21.3. The monoisotopic (exact) mass is 464 g/mol. The number of thiazole rings is 1. The van der Waals surface area contributed by atoms with Gasteiger partial charge in [-0.15, -0.1) is 11.3 Å². The molecule has 0 radical (unpaired) electrons. The standard InChI is InChI=1S/C19H14ClFN4O3S2/c1-25-16(6-7-23-25)14-8-12(20)2-4-17(14)28-18-5-3-13(9-15(18)21)30(26,27)24-19-10-29-11-22-19/h2-11,24H,1H3. The Kier molecular flexibility index (Phi) is 5.46. The molecule has 0 aliphatic rings. The van der Waals surface area contributed by atoms with E-state index in [0.29, 0.717) is 16.3 Å². The first kappa shape index (κ1) is 20.3. The van der Waals surface area contributed by atoms with Crippen LogP contribution >= 0.6 is 22.9 Å². The number of aryl methyl sites for hydroxylation is 1. The molecule has 0 saturated carbocycles. The van der Waals surface area contributed by atoms with E-state index in [2.05, 4.69) is 14.8 Å². The van der Waals surface area contributed by atoms with Gasteiger partial charge < -0.3 is 4.74 Å². The molecular weight excluding hydrogens is 451 g/mol. The predicted molar refractivity (Wildman–Crippen MR) is 113 cm³/mol. The third kappa shape index (κ3) is 4.16. The molecule has 154 valence electrons. The number of sulfonamides is 1. The number of hydrogen-bond donors (Lipinski definition) is 1. The van der Waals surface area contributed by atoms with Gasteiger partial charge in [0.15, 0.2) is 17.4 Å². The van der Waals surface area contributed by atoms with Crippen molar-refractivity contribution in [3.8, 4) is 22.8 Å². The number of ether oxygens (including phenoxy) is 1. The highest BCUT2D eigenvalue weighted by atomic mass is 35.5. The lowest BCUT2D eigenvalue weighted by molar-refractivity contribution is 0.441. The van der Waals surface area contributed by atoms with Crippen molar-refractivity contribution in [1.82, 2.24) is 14.8 Å². The van der Waals surface area contributed by atoms with Gasteiger partial charge in [0.25, 0.3) is 10.0 Å². The second-order valence-electron chi connectivity index (χ2n) is 6.15. The summed E-state index contributed by atoms with van der Waals surface area (Å²) in [5, 5.41) is 6.14. The highest BCUT2D eigenvalue weighted by Crippen LogP contribution is 2.36. The first-order valence-corrected chi connectivity index (χ1v) is 11.3. The Labute approximate surface area is 180 Å². The van der Waals surface area contributed by atoms with Crippen LogP contribution in [-0.4, -0.2) is 23.2 Å². The number of hydrogen-bond acceptors (Lipinski definition) is 6. The fraction of sp³-hybridized carbons (Fsp3) is 0.0526. The van der Waals surface area contributed by atoms with Gasteiger partial charge in [-0.25, -0.2) is 17.8 Å². The van der Waals surface area contributed by atoms with Crippen LogP contribution in [0, 0.1) is 5.82 Å². The zero-order valence-electron chi connectivity index (χ0n) is 15.4. The molecule has 0 bridgehead atoms. The van der Waals surface area contributed by atoms with Gasteiger partial charge in [-0.1, -0.05) is 11.6 Å². The third-order valence-corrected chi connectivity index (χ3v) is 6.32. The highest BCUT2D eigenvalue weighted by Gasteiger charge is 2.19. The fourth-order valence-corrected chi connectivity index (χ4v) is 4.48. The van der Waals surface area contributed by atoms with Crippen LogP contribution in [0.3, 0.4) is 0 Å². The molecule has 7 nitrogen and oxygen atoms in total. The van der Waals surface area contributed by atoms with Crippen molar-refractivity contribution < 1.29 is 17.5 Å². The number of anilines is 1. The summed E-state index contributed by atoms with van der Waals surface area (Å²) in [4.78, 5) is 3.62. The van der Waals surface area contributed by atoms with Crippen molar-refractivity contribution in [3.05, 3.63) is 70.4 Å². The summed E-state index contributed by atoms with van der Waals surface area (Å²) < 4.78 is 49.2. The third-order valence-electron chi connectivity index (χ3n) is 4.14.